The average molecular weight is 543 g/mol. The second-order valence-electron chi connectivity index (χ2n) is 9.97. The van der Waals surface area contributed by atoms with Crippen LogP contribution in [0.1, 0.15) is 122 Å². The Morgan fingerprint density at radius 3 is 1.76 bits per heavy atom. The predicted octanol–water partition coefficient (Wildman–Crippen LogP) is 4.95. The van der Waals surface area contributed by atoms with Crippen LogP contribution in [-0.4, -0.2) is 68.2 Å². The normalized spacial score (nSPS) is 11.7. The molecule has 0 aromatic heterocycles. The zero-order valence-electron chi connectivity index (χ0n) is 24.0. The Balaban J connectivity index is 3.73. The lowest BCUT2D eigenvalue weighted by Gasteiger charge is -2.14. The van der Waals surface area contributed by atoms with E-state index in [4.69, 9.17) is 9.47 Å². The molecule has 0 aromatic rings. The molecule has 0 saturated heterocycles. The number of rotatable bonds is 28. The van der Waals surface area contributed by atoms with Crippen LogP contribution in [0.2, 0.25) is 0 Å². The van der Waals surface area contributed by atoms with Gasteiger partial charge in [0.05, 0.1) is 13.2 Å². The summed E-state index contributed by atoms with van der Waals surface area (Å²) < 4.78 is 10.5. The fourth-order valence-electron chi connectivity index (χ4n) is 4.09. The van der Waals surface area contributed by atoms with Crippen LogP contribution in [0.5, 0.6) is 0 Å². The molecule has 0 aliphatic carbocycles. The first kappa shape index (κ1) is 36.0. The van der Waals surface area contributed by atoms with Gasteiger partial charge in [-0.3, -0.25) is 14.4 Å². The van der Waals surface area contributed by atoms with Gasteiger partial charge in [0.25, 0.3) is 0 Å². The van der Waals surface area contributed by atoms with E-state index in [1.54, 1.807) is 0 Å². The molecule has 0 fully saturated rings. The number of unbranched alkanes of at least 4 members (excludes halogenated alkanes) is 12. The van der Waals surface area contributed by atoms with Gasteiger partial charge in [0.1, 0.15) is 18.4 Å². The number of nitrogens with one attached hydrogen (secondary N) is 2. The number of carboxylic acid groups (broad SMARTS) is 1. The second kappa shape index (κ2) is 26.6. The van der Waals surface area contributed by atoms with Crippen molar-refractivity contribution >= 4 is 23.6 Å². The van der Waals surface area contributed by atoms with Gasteiger partial charge in [-0.05, 0) is 19.3 Å². The maximum Gasteiger partial charge on any atom is 0.326 e. The van der Waals surface area contributed by atoms with Gasteiger partial charge in [-0.2, -0.15) is 0 Å². The number of carboxylic acids is 1. The number of hydrogen-bond acceptors (Lipinski definition) is 6. The Bertz CT molecular complexity index is 628. The molecule has 0 aliphatic rings. The number of carbonyl (C=O) groups excluding carboxylic acids is 3. The van der Waals surface area contributed by atoms with E-state index in [1.165, 1.54) is 71.3 Å². The zero-order chi connectivity index (χ0) is 28.3. The lowest BCUT2D eigenvalue weighted by molar-refractivity contribution is -0.142. The monoisotopic (exact) mass is 542 g/mol. The molecule has 0 aromatic carbocycles. The van der Waals surface area contributed by atoms with Crippen molar-refractivity contribution in [2.45, 2.75) is 129 Å². The van der Waals surface area contributed by atoms with Gasteiger partial charge in [-0.15, -0.1) is 0 Å². The number of ether oxygens (including phenoxy) is 2. The van der Waals surface area contributed by atoms with Crippen LogP contribution in [0.4, 0.5) is 0 Å². The highest BCUT2D eigenvalue weighted by molar-refractivity contribution is 5.84. The number of Topliss-reactive ketones (excluding diaryl/α,β-unsaturated/α-hetero) is 1. The van der Waals surface area contributed by atoms with E-state index in [0.717, 1.165) is 19.3 Å². The number of hydrogen-bond donors (Lipinski definition) is 3. The molecule has 0 bridgehead atoms. The molecule has 3 N–H and O–H groups in total. The van der Waals surface area contributed by atoms with Gasteiger partial charge in [0.15, 0.2) is 0 Å². The highest BCUT2D eigenvalue weighted by Gasteiger charge is 2.20. The van der Waals surface area contributed by atoms with Gasteiger partial charge in [-0.25, -0.2) is 4.79 Å². The molecule has 0 heterocycles. The molecule has 9 nitrogen and oxygen atoms in total. The number of aliphatic carboxylic acids is 1. The molecule has 1 atom stereocenters. The molecule has 222 valence electrons. The summed E-state index contributed by atoms with van der Waals surface area (Å²) >= 11 is 0. The van der Waals surface area contributed by atoms with E-state index in [-0.39, 0.29) is 37.0 Å². The summed E-state index contributed by atoms with van der Waals surface area (Å²) in [5, 5.41) is 14.4. The Kier molecular flexibility index (Phi) is 25.2. The number of ketones is 1. The SMILES string of the molecule is CCCCCCCCCCCCCCCC(=O)N[C@@H](CCC(=O)CCCOCCOCC(=O)NC)C(=O)O. The average Bonchev–Trinajstić information content (AvgIpc) is 2.90. The summed E-state index contributed by atoms with van der Waals surface area (Å²) in [5.74, 6) is -1.64. The quantitative estimate of drug-likeness (QED) is 0.119. The lowest BCUT2D eigenvalue weighted by Crippen LogP contribution is -2.41. The second-order valence-corrected chi connectivity index (χ2v) is 9.97. The Morgan fingerprint density at radius 2 is 1.21 bits per heavy atom. The summed E-state index contributed by atoms with van der Waals surface area (Å²) in [6.07, 6.45) is 17.3. The van der Waals surface area contributed by atoms with Crippen molar-refractivity contribution in [2.24, 2.45) is 0 Å². The van der Waals surface area contributed by atoms with E-state index < -0.39 is 12.0 Å². The third-order valence-corrected chi connectivity index (χ3v) is 6.48. The predicted molar refractivity (Wildman–Crippen MR) is 149 cm³/mol. The van der Waals surface area contributed by atoms with Gasteiger partial charge in [0, 0.05) is 32.9 Å². The number of carbonyl (C=O) groups is 4. The van der Waals surface area contributed by atoms with Crippen LogP contribution in [0, 0.1) is 0 Å². The van der Waals surface area contributed by atoms with Crippen LogP contribution in [0.15, 0.2) is 0 Å². The summed E-state index contributed by atoms with van der Waals surface area (Å²) in [5.41, 5.74) is 0. The molecule has 0 radical (unpaired) electrons. The van der Waals surface area contributed by atoms with Crippen molar-refractivity contribution in [2.75, 3.05) is 33.5 Å². The molecule has 2 amide bonds. The zero-order valence-corrected chi connectivity index (χ0v) is 24.0. The van der Waals surface area contributed by atoms with Crippen molar-refractivity contribution in [3.8, 4) is 0 Å². The largest absolute Gasteiger partial charge is 0.480 e. The van der Waals surface area contributed by atoms with Gasteiger partial charge in [-0.1, -0.05) is 84.0 Å². The molecular formula is C29H54N2O7. The Labute approximate surface area is 230 Å². The molecule has 0 spiro atoms. The number of likely N-dealkylation sites (N-methyl/N-ethyl adjacent to an activating group) is 1. The molecule has 0 unspecified atom stereocenters. The third-order valence-electron chi connectivity index (χ3n) is 6.48. The molecule has 38 heavy (non-hydrogen) atoms. The minimum absolute atomic E-state index is 0.0149. The highest BCUT2D eigenvalue weighted by Crippen LogP contribution is 2.13. The van der Waals surface area contributed by atoms with E-state index in [0.29, 0.717) is 39.1 Å². The van der Waals surface area contributed by atoms with Gasteiger partial charge >= 0.3 is 5.97 Å². The maximum absolute atomic E-state index is 12.2. The van der Waals surface area contributed by atoms with E-state index in [9.17, 15) is 24.3 Å². The van der Waals surface area contributed by atoms with Crippen LogP contribution in [-0.2, 0) is 28.7 Å². The summed E-state index contributed by atoms with van der Waals surface area (Å²) in [6.45, 7) is 3.23. The first-order chi connectivity index (χ1) is 18.4. The number of amides is 2. The summed E-state index contributed by atoms with van der Waals surface area (Å²) in [7, 11) is 1.53. The van der Waals surface area contributed by atoms with Crippen LogP contribution in [0.25, 0.3) is 0 Å². The fraction of sp³-hybridized carbons (Fsp3) is 0.862. The van der Waals surface area contributed by atoms with Gasteiger partial charge in [0.2, 0.25) is 11.8 Å². The van der Waals surface area contributed by atoms with E-state index in [1.807, 2.05) is 0 Å². The molecule has 0 saturated carbocycles. The van der Waals surface area contributed by atoms with Crippen LogP contribution < -0.4 is 10.6 Å². The van der Waals surface area contributed by atoms with Crippen LogP contribution in [0.3, 0.4) is 0 Å². The van der Waals surface area contributed by atoms with Crippen LogP contribution >= 0.6 is 0 Å². The molecule has 0 rings (SSSR count). The highest BCUT2D eigenvalue weighted by atomic mass is 16.5. The topological polar surface area (TPSA) is 131 Å². The van der Waals surface area contributed by atoms with Crippen molar-refractivity contribution in [3.05, 3.63) is 0 Å². The van der Waals surface area contributed by atoms with Gasteiger partial charge < -0.3 is 25.2 Å². The molecule has 9 heteroatoms. The standard InChI is InChI=1S/C29H54N2O7/c1-3-4-5-6-7-8-9-10-11-12-13-14-15-18-27(33)31-26(29(35)36)20-19-25(32)17-16-21-37-22-23-38-24-28(34)30-2/h26H,3-24H2,1-2H3,(H,30,34)(H,31,33)(H,35,36)/t26-/m0/s1. The first-order valence-electron chi connectivity index (χ1n) is 14.8. The van der Waals surface area contributed by atoms with Crippen molar-refractivity contribution in [3.63, 3.8) is 0 Å². The molecular weight excluding hydrogens is 488 g/mol. The van der Waals surface area contributed by atoms with Crippen molar-refractivity contribution in [1.82, 2.24) is 10.6 Å². The lowest BCUT2D eigenvalue weighted by atomic mass is 10.0. The Hall–Kier alpha value is -2.00. The summed E-state index contributed by atoms with van der Waals surface area (Å²) in [6, 6.07) is -1.04. The maximum atomic E-state index is 12.2. The fourth-order valence-corrected chi connectivity index (χ4v) is 4.09. The molecule has 0 aliphatic heterocycles. The van der Waals surface area contributed by atoms with Crippen molar-refractivity contribution < 1.29 is 33.8 Å². The van der Waals surface area contributed by atoms with Crippen molar-refractivity contribution in [1.29, 1.82) is 0 Å². The van der Waals surface area contributed by atoms with E-state index >= 15 is 0 Å². The van der Waals surface area contributed by atoms with E-state index in [2.05, 4.69) is 17.6 Å². The first-order valence-corrected chi connectivity index (χ1v) is 14.8. The minimum atomic E-state index is -1.11. The third kappa shape index (κ3) is 24.3. The summed E-state index contributed by atoms with van der Waals surface area (Å²) in [4.78, 5) is 46.7. The Morgan fingerprint density at radius 1 is 0.658 bits per heavy atom. The smallest absolute Gasteiger partial charge is 0.326 e. The minimum Gasteiger partial charge on any atom is -0.480 e.